The molecule has 14 heavy (non-hydrogen) atoms. The Kier molecular flexibility index (Phi) is 3.53. The van der Waals surface area contributed by atoms with E-state index < -0.39 is 24.1 Å². The second-order valence-electron chi connectivity index (χ2n) is 4.46. The molecule has 0 spiro atoms. The maximum absolute atomic E-state index is 9.89. The van der Waals surface area contributed by atoms with Gasteiger partial charge in [-0.2, -0.15) is 0 Å². The second kappa shape index (κ2) is 4.14. The van der Waals surface area contributed by atoms with Gasteiger partial charge in [-0.3, -0.25) is 0 Å². The van der Waals surface area contributed by atoms with Crippen molar-refractivity contribution in [2.75, 3.05) is 0 Å². The van der Waals surface area contributed by atoms with E-state index in [4.69, 9.17) is 9.47 Å². The van der Waals surface area contributed by atoms with Crippen LogP contribution in [0.4, 0.5) is 0 Å². The van der Waals surface area contributed by atoms with Gasteiger partial charge in [0.05, 0.1) is 17.8 Å². The number of ether oxygens (including phenoxy) is 2. The Hall–Kier alpha value is -0.160. The van der Waals surface area contributed by atoms with Crippen LogP contribution in [0.15, 0.2) is 0 Å². The highest BCUT2D eigenvalue weighted by Gasteiger charge is 2.43. The maximum atomic E-state index is 9.89. The molecular formula is C10H20O4. The lowest BCUT2D eigenvalue weighted by molar-refractivity contribution is -0.279. The third-order valence-electron chi connectivity index (χ3n) is 2.45. The molecule has 1 saturated heterocycles. The van der Waals surface area contributed by atoms with Crippen LogP contribution in [0.2, 0.25) is 0 Å². The molecule has 1 heterocycles. The minimum Gasteiger partial charge on any atom is -0.387 e. The second-order valence-corrected chi connectivity index (χ2v) is 4.46. The molecule has 4 atom stereocenters. The van der Waals surface area contributed by atoms with Crippen LogP contribution in [0.5, 0.6) is 0 Å². The van der Waals surface area contributed by atoms with E-state index >= 15 is 0 Å². The fraction of sp³-hybridized carbons (Fsp3) is 1.00. The summed E-state index contributed by atoms with van der Waals surface area (Å²) in [6, 6.07) is 0. The smallest absolute Gasteiger partial charge is 0.161 e. The summed E-state index contributed by atoms with van der Waals surface area (Å²) < 4.78 is 10.9. The Morgan fingerprint density at radius 3 is 2.50 bits per heavy atom. The predicted octanol–water partition coefficient (Wildman–Crippen LogP) is 0.658. The SMILES string of the molecule is CC(C)OC1C[C@@](C)(O)[C@@H](O)[C@H](C)O1. The summed E-state index contributed by atoms with van der Waals surface area (Å²) in [5, 5.41) is 19.5. The number of aliphatic hydroxyl groups is 2. The van der Waals surface area contributed by atoms with Crippen LogP contribution in [-0.2, 0) is 9.47 Å². The lowest BCUT2D eigenvalue weighted by Gasteiger charge is -2.42. The van der Waals surface area contributed by atoms with Gasteiger partial charge in [0.2, 0.25) is 0 Å². The molecule has 4 nitrogen and oxygen atoms in total. The van der Waals surface area contributed by atoms with Gasteiger partial charge in [0.25, 0.3) is 0 Å². The summed E-state index contributed by atoms with van der Waals surface area (Å²) in [6.45, 7) is 7.16. The van der Waals surface area contributed by atoms with Crippen LogP contribution in [0.25, 0.3) is 0 Å². The summed E-state index contributed by atoms with van der Waals surface area (Å²) in [4.78, 5) is 0. The van der Waals surface area contributed by atoms with Crippen molar-refractivity contribution < 1.29 is 19.7 Å². The predicted molar refractivity (Wildman–Crippen MR) is 51.8 cm³/mol. The molecule has 0 amide bonds. The quantitative estimate of drug-likeness (QED) is 0.693. The first-order valence-electron chi connectivity index (χ1n) is 5.04. The van der Waals surface area contributed by atoms with E-state index in [1.165, 1.54) is 0 Å². The number of hydrogen-bond acceptors (Lipinski definition) is 4. The summed E-state index contributed by atoms with van der Waals surface area (Å²) in [7, 11) is 0. The molecule has 0 aromatic carbocycles. The third kappa shape index (κ3) is 2.67. The Morgan fingerprint density at radius 1 is 1.50 bits per heavy atom. The van der Waals surface area contributed by atoms with Gasteiger partial charge in [0, 0.05) is 6.42 Å². The maximum Gasteiger partial charge on any atom is 0.161 e. The Morgan fingerprint density at radius 2 is 2.07 bits per heavy atom. The molecule has 1 unspecified atom stereocenters. The minimum atomic E-state index is -1.13. The number of aliphatic hydroxyl groups excluding tert-OH is 1. The molecule has 0 radical (unpaired) electrons. The first-order valence-corrected chi connectivity index (χ1v) is 5.04. The number of rotatable bonds is 2. The lowest BCUT2D eigenvalue weighted by Crippen LogP contribution is -2.55. The molecule has 1 aliphatic rings. The van der Waals surface area contributed by atoms with Crippen LogP contribution >= 0.6 is 0 Å². The molecule has 1 fully saturated rings. The molecule has 4 heteroatoms. The van der Waals surface area contributed by atoms with Crippen molar-refractivity contribution in [2.24, 2.45) is 0 Å². The Labute approximate surface area is 84.8 Å². The molecular weight excluding hydrogens is 184 g/mol. The molecule has 1 aliphatic heterocycles. The topological polar surface area (TPSA) is 58.9 Å². The standard InChI is InChI=1S/C10H20O4/c1-6(2)13-8-5-10(4,12)9(11)7(3)14-8/h6-9,11-12H,5H2,1-4H3/t7-,8?,9-,10+/m0/s1. The van der Waals surface area contributed by atoms with Crippen molar-refractivity contribution in [3.05, 3.63) is 0 Å². The molecule has 1 rings (SSSR count). The number of hydrogen-bond donors (Lipinski definition) is 2. The molecule has 0 aromatic heterocycles. The van der Waals surface area contributed by atoms with Crippen molar-refractivity contribution in [1.29, 1.82) is 0 Å². The molecule has 2 N–H and O–H groups in total. The van der Waals surface area contributed by atoms with Gasteiger partial charge >= 0.3 is 0 Å². The van der Waals surface area contributed by atoms with Gasteiger partial charge in [-0.25, -0.2) is 0 Å². The lowest BCUT2D eigenvalue weighted by atomic mass is 9.89. The molecule has 0 aliphatic carbocycles. The minimum absolute atomic E-state index is 0.0539. The fourth-order valence-corrected chi connectivity index (χ4v) is 1.71. The first kappa shape index (κ1) is 11.9. The van der Waals surface area contributed by atoms with Crippen LogP contribution in [0, 0.1) is 0 Å². The van der Waals surface area contributed by atoms with Crippen molar-refractivity contribution in [3.63, 3.8) is 0 Å². The highest BCUT2D eigenvalue weighted by Crippen LogP contribution is 2.29. The van der Waals surface area contributed by atoms with Crippen molar-refractivity contribution in [2.45, 2.75) is 64.3 Å². The van der Waals surface area contributed by atoms with Crippen LogP contribution < -0.4 is 0 Å². The third-order valence-corrected chi connectivity index (χ3v) is 2.45. The Bertz CT molecular complexity index is 191. The van der Waals surface area contributed by atoms with Gasteiger partial charge in [0.1, 0.15) is 6.10 Å². The monoisotopic (exact) mass is 204 g/mol. The van der Waals surface area contributed by atoms with Gasteiger partial charge in [-0.15, -0.1) is 0 Å². The zero-order valence-electron chi connectivity index (χ0n) is 9.23. The zero-order chi connectivity index (χ0) is 10.9. The molecule has 0 aromatic rings. The van der Waals surface area contributed by atoms with E-state index in [-0.39, 0.29) is 6.10 Å². The van der Waals surface area contributed by atoms with E-state index in [1.54, 1.807) is 13.8 Å². The Balaban J connectivity index is 2.59. The van der Waals surface area contributed by atoms with Crippen LogP contribution in [0.3, 0.4) is 0 Å². The molecule has 84 valence electrons. The van der Waals surface area contributed by atoms with Gasteiger partial charge in [-0.05, 0) is 27.7 Å². The van der Waals surface area contributed by atoms with E-state index in [1.807, 2.05) is 13.8 Å². The normalized spacial score (nSPS) is 44.4. The van der Waals surface area contributed by atoms with E-state index in [0.29, 0.717) is 6.42 Å². The fourth-order valence-electron chi connectivity index (χ4n) is 1.71. The van der Waals surface area contributed by atoms with E-state index in [9.17, 15) is 10.2 Å². The summed E-state index contributed by atoms with van der Waals surface area (Å²) in [5.74, 6) is 0. The zero-order valence-corrected chi connectivity index (χ0v) is 9.23. The largest absolute Gasteiger partial charge is 0.387 e. The van der Waals surface area contributed by atoms with Crippen LogP contribution in [-0.4, -0.2) is 40.4 Å². The average molecular weight is 204 g/mol. The van der Waals surface area contributed by atoms with E-state index in [2.05, 4.69) is 0 Å². The summed E-state index contributed by atoms with van der Waals surface area (Å²) >= 11 is 0. The first-order chi connectivity index (χ1) is 6.33. The van der Waals surface area contributed by atoms with Gasteiger partial charge in [-0.1, -0.05) is 0 Å². The van der Waals surface area contributed by atoms with Gasteiger partial charge in [0.15, 0.2) is 6.29 Å². The summed E-state index contributed by atoms with van der Waals surface area (Å²) in [6.07, 6.45) is -1.32. The van der Waals surface area contributed by atoms with Gasteiger partial charge < -0.3 is 19.7 Å². The molecule has 0 bridgehead atoms. The van der Waals surface area contributed by atoms with Crippen molar-refractivity contribution >= 4 is 0 Å². The highest BCUT2D eigenvalue weighted by atomic mass is 16.7. The summed E-state index contributed by atoms with van der Waals surface area (Å²) in [5.41, 5.74) is -1.13. The van der Waals surface area contributed by atoms with Crippen molar-refractivity contribution in [3.8, 4) is 0 Å². The van der Waals surface area contributed by atoms with Crippen molar-refractivity contribution in [1.82, 2.24) is 0 Å². The highest BCUT2D eigenvalue weighted by molar-refractivity contribution is 4.90. The average Bonchev–Trinajstić information content (AvgIpc) is 1.98. The van der Waals surface area contributed by atoms with Crippen LogP contribution in [0.1, 0.15) is 34.1 Å². The van der Waals surface area contributed by atoms with E-state index in [0.717, 1.165) is 0 Å². The molecule has 0 saturated carbocycles.